The van der Waals surface area contributed by atoms with E-state index >= 15 is 0 Å². The number of pyridine rings is 1. The Bertz CT molecular complexity index is 980. The molecule has 8 heteroatoms. The van der Waals surface area contributed by atoms with Crippen LogP contribution in [-0.4, -0.2) is 77.7 Å². The van der Waals surface area contributed by atoms with Crippen LogP contribution in [0.25, 0.3) is 11.1 Å². The maximum atomic E-state index is 13.5. The molecule has 1 N–H and O–H groups in total. The molecule has 0 spiro atoms. The highest BCUT2D eigenvalue weighted by atomic mass is 16.5. The van der Waals surface area contributed by atoms with Gasteiger partial charge in [0.2, 0.25) is 11.8 Å². The number of aromatic nitrogens is 1. The van der Waals surface area contributed by atoms with Gasteiger partial charge in [0.25, 0.3) is 5.91 Å². The van der Waals surface area contributed by atoms with E-state index in [1.165, 1.54) is 6.92 Å². The van der Waals surface area contributed by atoms with Crippen molar-refractivity contribution in [2.45, 2.75) is 32.9 Å². The SMILES string of the molecule is COc1cccc(-c2cnc3c(c2)C(=O)N([C@@H](C)CO)C[C@H](C)[C@H](CN(C)C(C)=O)O3)c1. The van der Waals surface area contributed by atoms with Crippen molar-refractivity contribution in [1.29, 1.82) is 0 Å². The number of rotatable bonds is 6. The van der Waals surface area contributed by atoms with Crippen molar-refractivity contribution >= 4 is 11.8 Å². The molecule has 0 bridgehead atoms. The van der Waals surface area contributed by atoms with Crippen LogP contribution in [0.1, 0.15) is 31.1 Å². The lowest BCUT2D eigenvalue weighted by atomic mass is 9.99. The number of ether oxygens (including phenoxy) is 2. The molecule has 172 valence electrons. The molecular formula is C24H31N3O5. The number of nitrogens with zero attached hydrogens (tertiary/aromatic N) is 3. The van der Waals surface area contributed by atoms with Gasteiger partial charge in [-0.25, -0.2) is 4.98 Å². The first-order valence-electron chi connectivity index (χ1n) is 10.7. The van der Waals surface area contributed by atoms with E-state index in [4.69, 9.17) is 9.47 Å². The fourth-order valence-electron chi connectivity index (χ4n) is 3.68. The van der Waals surface area contributed by atoms with E-state index in [-0.39, 0.29) is 42.4 Å². The van der Waals surface area contributed by atoms with Gasteiger partial charge in [0.15, 0.2) is 0 Å². The van der Waals surface area contributed by atoms with Gasteiger partial charge in [-0.2, -0.15) is 0 Å². The number of fused-ring (bicyclic) bond motifs is 1. The monoisotopic (exact) mass is 441 g/mol. The summed E-state index contributed by atoms with van der Waals surface area (Å²) >= 11 is 0. The van der Waals surface area contributed by atoms with Crippen molar-refractivity contribution in [2.24, 2.45) is 5.92 Å². The second kappa shape index (κ2) is 9.99. The average molecular weight is 442 g/mol. The van der Waals surface area contributed by atoms with Gasteiger partial charge in [-0.3, -0.25) is 9.59 Å². The van der Waals surface area contributed by atoms with Crippen LogP contribution < -0.4 is 9.47 Å². The first kappa shape index (κ1) is 23.5. The van der Waals surface area contributed by atoms with Crippen LogP contribution in [0, 0.1) is 5.92 Å². The summed E-state index contributed by atoms with van der Waals surface area (Å²) < 4.78 is 11.5. The highest BCUT2D eigenvalue weighted by molar-refractivity contribution is 5.98. The zero-order valence-corrected chi connectivity index (χ0v) is 19.2. The minimum atomic E-state index is -0.373. The van der Waals surface area contributed by atoms with E-state index in [9.17, 15) is 14.7 Å². The summed E-state index contributed by atoms with van der Waals surface area (Å²) in [6, 6.07) is 8.90. The molecule has 32 heavy (non-hydrogen) atoms. The normalized spacial score (nSPS) is 19.3. The van der Waals surface area contributed by atoms with Gasteiger partial charge in [-0.1, -0.05) is 19.1 Å². The predicted molar refractivity (Wildman–Crippen MR) is 121 cm³/mol. The van der Waals surface area contributed by atoms with Gasteiger partial charge < -0.3 is 24.4 Å². The molecule has 0 aliphatic carbocycles. The maximum absolute atomic E-state index is 13.5. The van der Waals surface area contributed by atoms with E-state index in [0.717, 1.165) is 11.1 Å². The summed E-state index contributed by atoms with van der Waals surface area (Å²) in [5.74, 6) is 0.534. The number of hydrogen-bond acceptors (Lipinski definition) is 6. The maximum Gasteiger partial charge on any atom is 0.259 e. The molecule has 1 aromatic heterocycles. The Morgan fingerprint density at radius 2 is 2.12 bits per heavy atom. The summed E-state index contributed by atoms with van der Waals surface area (Å²) in [5.41, 5.74) is 1.94. The van der Waals surface area contributed by atoms with Gasteiger partial charge >= 0.3 is 0 Å². The number of aliphatic hydroxyl groups is 1. The first-order valence-corrected chi connectivity index (χ1v) is 10.7. The number of carbonyl (C=O) groups excluding carboxylic acids is 2. The molecule has 2 heterocycles. The van der Waals surface area contributed by atoms with E-state index in [0.29, 0.717) is 24.4 Å². The molecule has 1 aliphatic heterocycles. The highest BCUT2D eigenvalue weighted by Crippen LogP contribution is 2.31. The molecule has 3 atom stereocenters. The third-order valence-corrected chi connectivity index (χ3v) is 5.92. The standard InChI is InChI=1S/C24H31N3O5/c1-15-12-27(16(2)14-28)24(30)21-10-19(18-7-6-8-20(9-18)31-5)11-25-23(21)32-22(15)13-26(4)17(3)29/h6-11,15-16,22,28H,12-14H2,1-5H3/t15-,16-,22-/m0/s1. The van der Waals surface area contributed by atoms with Gasteiger partial charge in [0.1, 0.15) is 17.4 Å². The summed E-state index contributed by atoms with van der Waals surface area (Å²) in [7, 11) is 3.32. The van der Waals surface area contributed by atoms with Crippen LogP contribution in [0.3, 0.4) is 0 Å². The Hall–Kier alpha value is -3.13. The number of aliphatic hydroxyl groups excluding tert-OH is 1. The zero-order valence-electron chi connectivity index (χ0n) is 19.2. The van der Waals surface area contributed by atoms with Crippen molar-refractivity contribution in [2.75, 3.05) is 33.9 Å². The lowest BCUT2D eigenvalue weighted by Crippen LogP contribution is -2.50. The third kappa shape index (κ3) is 5.02. The second-order valence-corrected chi connectivity index (χ2v) is 8.33. The van der Waals surface area contributed by atoms with Gasteiger partial charge in [-0.05, 0) is 30.7 Å². The fraction of sp³-hybridized carbons (Fsp3) is 0.458. The Balaban J connectivity index is 2.06. The van der Waals surface area contributed by atoms with Gasteiger partial charge in [0.05, 0.1) is 26.3 Å². The molecule has 0 radical (unpaired) electrons. The van der Waals surface area contributed by atoms with E-state index in [2.05, 4.69) is 4.98 Å². The van der Waals surface area contributed by atoms with Crippen molar-refractivity contribution < 1.29 is 24.2 Å². The van der Waals surface area contributed by atoms with Crippen molar-refractivity contribution in [3.63, 3.8) is 0 Å². The minimum Gasteiger partial charge on any atom is -0.497 e. The molecule has 1 aromatic carbocycles. The lowest BCUT2D eigenvalue weighted by Gasteiger charge is -2.37. The summed E-state index contributed by atoms with van der Waals surface area (Å²) in [5, 5.41) is 9.77. The van der Waals surface area contributed by atoms with Crippen LogP contribution in [0.5, 0.6) is 11.6 Å². The smallest absolute Gasteiger partial charge is 0.259 e. The van der Waals surface area contributed by atoms with Gasteiger partial charge in [-0.15, -0.1) is 0 Å². The number of carbonyl (C=O) groups is 2. The summed E-state index contributed by atoms with van der Waals surface area (Å²) in [4.78, 5) is 33.0. The number of likely N-dealkylation sites (N-methyl/N-ethyl adjacent to an activating group) is 1. The Morgan fingerprint density at radius 1 is 1.38 bits per heavy atom. The lowest BCUT2D eigenvalue weighted by molar-refractivity contribution is -0.129. The first-order chi connectivity index (χ1) is 15.2. The van der Waals surface area contributed by atoms with Crippen LogP contribution in [-0.2, 0) is 4.79 Å². The summed E-state index contributed by atoms with van der Waals surface area (Å²) in [6.45, 7) is 5.88. The van der Waals surface area contributed by atoms with Gasteiger partial charge in [0, 0.05) is 38.2 Å². The Morgan fingerprint density at radius 3 is 2.78 bits per heavy atom. The minimum absolute atomic E-state index is 0.0685. The summed E-state index contributed by atoms with van der Waals surface area (Å²) in [6.07, 6.45) is 1.30. The highest BCUT2D eigenvalue weighted by Gasteiger charge is 2.34. The second-order valence-electron chi connectivity index (χ2n) is 8.33. The number of amides is 2. The van der Waals surface area contributed by atoms with E-state index < -0.39 is 0 Å². The zero-order chi connectivity index (χ0) is 23.4. The third-order valence-electron chi connectivity index (χ3n) is 5.92. The van der Waals surface area contributed by atoms with Crippen molar-refractivity contribution in [1.82, 2.24) is 14.8 Å². The molecule has 1 aliphatic rings. The van der Waals surface area contributed by atoms with Crippen LogP contribution in [0.2, 0.25) is 0 Å². The van der Waals surface area contributed by atoms with Crippen LogP contribution in [0.4, 0.5) is 0 Å². The predicted octanol–water partition coefficient (Wildman–Crippen LogP) is 2.46. The molecule has 0 unspecified atom stereocenters. The molecular weight excluding hydrogens is 410 g/mol. The molecule has 8 nitrogen and oxygen atoms in total. The van der Waals surface area contributed by atoms with Crippen LogP contribution in [0.15, 0.2) is 36.5 Å². The Labute approximate surface area is 188 Å². The van der Waals surface area contributed by atoms with Crippen LogP contribution >= 0.6 is 0 Å². The number of benzene rings is 1. The fourth-order valence-corrected chi connectivity index (χ4v) is 3.68. The Kier molecular flexibility index (Phi) is 7.35. The molecule has 0 saturated carbocycles. The molecule has 0 saturated heterocycles. The largest absolute Gasteiger partial charge is 0.497 e. The van der Waals surface area contributed by atoms with E-state index in [1.807, 2.05) is 38.1 Å². The molecule has 0 fully saturated rings. The molecule has 3 rings (SSSR count). The van der Waals surface area contributed by atoms with Crippen molar-refractivity contribution in [3.8, 4) is 22.8 Å². The molecule has 2 amide bonds. The topological polar surface area (TPSA) is 92.2 Å². The average Bonchev–Trinajstić information content (AvgIpc) is 2.80. The number of hydrogen-bond donors (Lipinski definition) is 1. The number of methoxy groups -OCH3 is 1. The van der Waals surface area contributed by atoms with Crippen molar-refractivity contribution in [3.05, 3.63) is 42.1 Å². The molecule has 2 aromatic rings. The van der Waals surface area contributed by atoms with E-state index in [1.54, 1.807) is 36.2 Å². The quantitative estimate of drug-likeness (QED) is 0.740.